The second-order valence-corrected chi connectivity index (χ2v) is 5.02. The van der Waals surface area contributed by atoms with E-state index in [0.717, 1.165) is 0 Å². The summed E-state index contributed by atoms with van der Waals surface area (Å²) in [6.45, 7) is 2.16. The molecule has 0 radical (unpaired) electrons. The Morgan fingerprint density at radius 2 is 2.22 bits per heavy atom. The van der Waals surface area contributed by atoms with Gasteiger partial charge in [0.25, 0.3) is 5.91 Å². The molecule has 0 fully saturated rings. The average molecular weight is 316 g/mol. The Kier molecular flexibility index (Phi) is 4.98. The Labute approximate surface area is 133 Å². The second kappa shape index (κ2) is 6.94. The molecule has 1 amide bonds. The van der Waals surface area contributed by atoms with E-state index < -0.39 is 17.8 Å². The highest BCUT2D eigenvalue weighted by atomic mass is 19.1. The van der Waals surface area contributed by atoms with Crippen LogP contribution >= 0.6 is 0 Å². The van der Waals surface area contributed by atoms with Crippen molar-refractivity contribution >= 4 is 5.91 Å². The topological polar surface area (TPSA) is 104 Å². The van der Waals surface area contributed by atoms with Crippen LogP contribution in [-0.4, -0.2) is 22.1 Å². The molecular weight excluding hydrogens is 299 g/mol. The van der Waals surface area contributed by atoms with Gasteiger partial charge in [-0.15, -0.1) is 0 Å². The molecule has 1 aromatic carbocycles. The average Bonchev–Trinajstić information content (AvgIpc) is 2.90. The fraction of sp³-hybridized carbons (Fsp3) is 0.250. The number of benzene rings is 1. The van der Waals surface area contributed by atoms with Gasteiger partial charge in [0.05, 0.1) is 11.6 Å². The Balaban J connectivity index is 2.26. The van der Waals surface area contributed by atoms with Crippen LogP contribution in [-0.2, 0) is 6.54 Å². The van der Waals surface area contributed by atoms with E-state index in [1.54, 1.807) is 6.92 Å². The summed E-state index contributed by atoms with van der Waals surface area (Å²) >= 11 is 0. The number of nitrogens with zero attached hydrogens (tertiary/aromatic N) is 2. The molecule has 0 saturated heterocycles. The molecule has 120 valence electrons. The third-order valence-corrected chi connectivity index (χ3v) is 3.49. The molecule has 0 bridgehead atoms. The summed E-state index contributed by atoms with van der Waals surface area (Å²) in [5.41, 5.74) is 6.09. The number of phenolic OH excluding ortho intramolecular Hbond substituents is 1. The molecule has 23 heavy (non-hydrogen) atoms. The lowest BCUT2D eigenvalue weighted by Gasteiger charge is -2.17. The number of phenols is 1. The summed E-state index contributed by atoms with van der Waals surface area (Å²) in [4.78, 5) is 12.4. The minimum absolute atomic E-state index is 0.0123. The van der Waals surface area contributed by atoms with E-state index in [4.69, 9.17) is 11.0 Å². The van der Waals surface area contributed by atoms with E-state index in [-0.39, 0.29) is 23.6 Å². The number of hydrogen-bond donors (Lipinski definition) is 3. The molecule has 0 saturated carbocycles. The van der Waals surface area contributed by atoms with Crippen molar-refractivity contribution < 1.29 is 14.3 Å². The fourth-order valence-electron chi connectivity index (χ4n) is 2.43. The van der Waals surface area contributed by atoms with Crippen LogP contribution in [0.15, 0.2) is 30.3 Å². The predicted octanol–water partition coefficient (Wildman–Crippen LogP) is 1.65. The van der Waals surface area contributed by atoms with E-state index in [2.05, 4.69) is 5.32 Å². The first-order chi connectivity index (χ1) is 11.0. The summed E-state index contributed by atoms with van der Waals surface area (Å²) in [6.07, 6.45) is 0. The molecule has 6 nitrogen and oxygen atoms in total. The number of aromatic nitrogens is 1. The third kappa shape index (κ3) is 3.33. The molecule has 1 heterocycles. The fourth-order valence-corrected chi connectivity index (χ4v) is 2.43. The van der Waals surface area contributed by atoms with Crippen molar-refractivity contribution in [1.29, 1.82) is 5.26 Å². The second-order valence-electron chi connectivity index (χ2n) is 5.02. The lowest BCUT2D eigenvalue weighted by molar-refractivity contribution is 0.0929. The number of aromatic hydroxyl groups is 1. The van der Waals surface area contributed by atoms with Crippen molar-refractivity contribution in [3.8, 4) is 11.8 Å². The van der Waals surface area contributed by atoms with Crippen molar-refractivity contribution in [3.63, 3.8) is 0 Å². The normalized spacial score (nSPS) is 11.7. The van der Waals surface area contributed by atoms with Crippen molar-refractivity contribution in [3.05, 3.63) is 53.1 Å². The molecule has 2 rings (SSSR count). The van der Waals surface area contributed by atoms with Gasteiger partial charge in [-0.25, -0.2) is 4.39 Å². The zero-order valence-electron chi connectivity index (χ0n) is 12.6. The van der Waals surface area contributed by atoms with Gasteiger partial charge in [-0.1, -0.05) is 6.07 Å². The molecule has 0 aliphatic heterocycles. The van der Waals surface area contributed by atoms with Crippen LogP contribution in [0.4, 0.5) is 4.39 Å². The smallest absolute Gasteiger partial charge is 0.268 e. The van der Waals surface area contributed by atoms with Crippen molar-refractivity contribution in [2.24, 2.45) is 5.73 Å². The Hall–Kier alpha value is -2.85. The first-order valence-electron chi connectivity index (χ1n) is 7.07. The molecule has 1 atom stereocenters. The molecule has 0 spiro atoms. The van der Waals surface area contributed by atoms with Crippen LogP contribution in [0.5, 0.6) is 5.75 Å². The van der Waals surface area contributed by atoms with Gasteiger partial charge in [0.1, 0.15) is 29.0 Å². The Morgan fingerprint density at radius 1 is 1.48 bits per heavy atom. The van der Waals surface area contributed by atoms with Crippen LogP contribution in [0.1, 0.15) is 34.7 Å². The first kappa shape index (κ1) is 16.5. The van der Waals surface area contributed by atoms with Crippen LogP contribution in [0.2, 0.25) is 0 Å². The van der Waals surface area contributed by atoms with Crippen LogP contribution in [0, 0.1) is 17.1 Å². The maximum atomic E-state index is 13.8. The van der Waals surface area contributed by atoms with E-state index in [9.17, 15) is 14.3 Å². The van der Waals surface area contributed by atoms with Crippen LogP contribution < -0.4 is 11.1 Å². The Morgan fingerprint density at radius 3 is 2.83 bits per heavy atom. The number of halogens is 1. The van der Waals surface area contributed by atoms with E-state index in [0.29, 0.717) is 12.2 Å². The lowest BCUT2D eigenvalue weighted by atomic mass is 10.1. The number of carbonyl (C=O) groups excluding carboxylic acids is 1. The summed E-state index contributed by atoms with van der Waals surface area (Å²) < 4.78 is 15.3. The van der Waals surface area contributed by atoms with Crippen molar-refractivity contribution in [2.75, 3.05) is 6.54 Å². The van der Waals surface area contributed by atoms with Crippen molar-refractivity contribution in [1.82, 2.24) is 9.88 Å². The quantitative estimate of drug-likeness (QED) is 0.780. The highest BCUT2D eigenvalue weighted by Gasteiger charge is 2.20. The molecule has 4 N–H and O–H groups in total. The summed E-state index contributed by atoms with van der Waals surface area (Å²) in [5, 5.41) is 21.4. The standard InChI is InChI=1S/C16H17FN4O2/c1-10(15-12(17)3-2-4-14(15)22)20-16(23)13-6-5-11(9-19)21(13)8-7-18/h2-6,10,22H,7-8,18H2,1H3,(H,20,23)/t10-/m0/s1. The molecule has 2 aromatic rings. The van der Waals surface area contributed by atoms with E-state index in [1.165, 1.54) is 34.9 Å². The maximum Gasteiger partial charge on any atom is 0.268 e. The van der Waals surface area contributed by atoms with E-state index in [1.807, 2.05) is 6.07 Å². The Bertz CT molecular complexity index is 744. The van der Waals surface area contributed by atoms with Gasteiger partial charge in [-0.3, -0.25) is 4.79 Å². The molecule has 0 aliphatic rings. The molecule has 0 aliphatic carbocycles. The van der Waals surface area contributed by atoms with Crippen molar-refractivity contribution in [2.45, 2.75) is 19.5 Å². The molecular formula is C16H17FN4O2. The summed E-state index contributed by atoms with van der Waals surface area (Å²) in [6, 6.07) is 8.23. The number of nitrogens with one attached hydrogen (secondary N) is 1. The minimum atomic E-state index is -0.740. The molecule has 0 unspecified atom stereocenters. The van der Waals surface area contributed by atoms with Gasteiger partial charge < -0.3 is 20.7 Å². The van der Waals surface area contributed by atoms with E-state index >= 15 is 0 Å². The first-order valence-corrected chi connectivity index (χ1v) is 7.07. The maximum absolute atomic E-state index is 13.8. The number of nitrogens with two attached hydrogens (primary N) is 1. The largest absolute Gasteiger partial charge is 0.507 e. The van der Waals surface area contributed by atoms with Gasteiger partial charge in [-0.05, 0) is 31.2 Å². The molecule has 7 heteroatoms. The predicted molar refractivity (Wildman–Crippen MR) is 82.1 cm³/mol. The number of rotatable bonds is 5. The zero-order chi connectivity index (χ0) is 17.0. The van der Waals surface area contributed by atoms with Gasteiger partial charge in [0.15, 0.2) is 0 Å². The SMILES string of the molecule is C[C@H](NC(=O)c1ccc(C#N)n1CCN)c1c(O)cccc1F. The van der Waals surface area contributed by atoms with Gasteiger partial charge in [0, 0.05) is 13.1 Å². The van der Waals surface area contributed by atoms with Crippen LogP contribution in [0.25, 0.3) is 0 Å². The lowest BCUT2D eigenvalue weighted by Crippen LogP contribution is -2.30. The minimum Gasteiger partial charge on any atom is -0.507 e. The van der Waals surface area contributed by atoms with Crippen LogP contribution in [0.3, 0.4) is 0 Å². The monoisotopic (exact) mass is 316 g/mol. The number of amides is 1. The highest BCUT2D eigenvalue weighted by Crippen LogP contribution is 2.26. The van der Waals surface area contributed by atoms with Gasteiger partial charge >= 0.3 is 0 Å². The molecule has 1 aromatic heterocycles. The number of carbonyl (C=O) groups is 1. The summed E-state index contributed by atoms with van der Waals surface area (Å²) in [5.74, 6) is -1.31. The number of hydrogen-bond acceptors (Lipinski definition) is 4. The number of nitriles is 1. The zero-order valence-corrected chi connectivity index (χ0v) is 12.6. The summed E-state index contributed by atoms with van der Waals surface area (Å²) in [7, 11) is 0. The van der Waals surface area contributed by atoms with Gasteiger partial charge in [0.2, 0.25) is 0 Å². The van der Waals surface area contributed by atoms with Gasteiger partial charge in [-0.2, -0.15) is 5.26 Å². The highest BCUT2D eigenvalue weighted by molar-refractivity contribution is 5.93. The third-order valence-electron chi connectivity index (χ3n) is 3.49.